The SMILES string of the molecule is CCCCCCCC/C=C\CCCCCCCC(=O)OCC(COC(=O)CCCCCCC/C=C\CCCCCCCC)NC(=O)OCCCN(C)C. The number of alkyl carbamates (subject to hydrolysis) is 1. The van der Waals surface area contributed by atoms with E-state index in [9.17, 15) is 14.4 Å². The lowest BCUT2D eigenvalue weighted by Gasteiger charge is -2.19. The van der Waals surface area contributed by atoms with Crippen molar-refractivity contribution in [1.29, 1.82) is 0 Å². The van der Waals surface area contributed by atoms with Crippen molar-refractivity contribution in [3.63, 3.8) is 0 Å². The van der Waals surface area contributed by atoms with Gasteiger partial charge >= 0.3 is 18.0 Å². The van der Waals surface area contributed by atoms with Crippen LogP contribution >= 0.6 is 0 Å². The van der Waals surface area contributed by atoms with Crippen LogP contribution in [-0.4, -0.2) is 69.4 Å². The largest absolute Gasteiger partial charge is 0.463 e. The van der Waals surface area contributed by atoms with E-state index in [1.54, 1.807) is 0 Å². The number of nitrogens with zero attached hydrogens (tertiary/aromatic N) is 1. The smallest absolute Gasteiger partial charge is 0.407 e. The molecule has 0 aromatic carbocycles. The molecule has 1 N–H and O–H groups in total. The third kappa shape index (κ3) is 40.7. The zero-order valence-electron chi connectivity index (χ0n) is 35.1. The molecule has 8 heteroatoms. The average Bonchev–Trinajstić information content (AvgIpc) is 3.14. The second kappa shape index (κ2) is 40.8. The van der Waals surface area contributed by atoms with Gasteiger partial charge in [0.25, 0.3) is 0 Å². The summed E-state index contributed by atoms with van der Waals surface area (Å²) in [6, 6.07) is -0.660. The summed E-state index contributed by atoms with van der Waals surface area (Å²) in [6.07, 6.45) is 41.4. The fraction of sp³-hybridized carbons (Fsp3) is 0.844. The number of allylic oxidation sites excluding steroid dienone is 4. The zero-order chi connectivity index (χ0) is 38.9. The summed E-state index contributed by atoms with van der Waals surface area (Å²) >= 11 is 0. The molecule has 0 saturated carbocycles. The highest BCUT2D eigenvalue weighted by Crippen LogP contribution is 2.12. The second-order valence-corrected chi connectivity index (χ2v) is 15.2. The lowest BCUT2D eigenvalue weighted by molar-refractivity contribution is -0.147. The number of carbonyl (C=O) groups is 3. The summed E-state index contributed by atoms with van der Waals surface area (Å²) in [4.78, 5) is 39.3. The third-order valence-electron chi connectivity index (χ3n) is 9.48. The Bertz CT molecular complexity index is 834. The van der Waals surface area contributed by atoms with Crippen molar-refractivity contribution in [1.82, 2.24) is 10.2 Å². The topological polar surface area (TPSA) is 94.2 Å². The molecule has 0 aromatic heterocycles. The van der Waals surface area contributed by atoms with Crippen LogP contribution in [0.5, 0.6) is 0 Å². The van der Waals surface area contributed by atoms with Crippen LogP contribution in [-0.2, 0) is 23.8 Å². The van der Waals surface area contributed by atoms with Gasteiger partial charge in [-0.1, -0.05) is 141 Å². The Morgan fingerprint density at radius 1 is 0.491 bits per heavy atom. The Morgan fingerprint density at radius 2 is 0.849 bits per heavy atom. The fourth-order valence-electron chi connectivity index (χ4n) is 6.10. The zero-order valence-corrected chi connectivity index (χ0v) is 35.1. The van der Waals surface area contributed by atoms with Gasteiger partial charge < -0.3 is 24.4 Å². The number of unbranched alkanes of at least 4 members (excludes halogenated alkanes) is 22. The first-order valence-corrected chi connectivity index (χ1v) is 22.1. The minimum Gasteiger partial charge on any atom is -0.463 e. The van der Waals surface area contributed by atoms with Crippen LogP contribution in [0.25, 0.3) is 0 Å². The Kier molecular flexibility index (Phi) is 39.0. The van der Waals surface area contributed by atoms with Crippen LogP contribution in [0.4, 0.5) is 4.79 Å². The molecule has 53 heavy (non-hydrogen) atoms. The number of hydrogen-bond donors (Lipinski definition) is 1. The van der Waals surface area contributed by atoms with Crippen LogP contribution in [0.15, 0.2) is 24.3 Å². The van der Waals surface area contributed by atoms with E-state index in [-0.39, 0.29) is 31.8 Å². The molecule has 0 aliphatic rings. The predicted octanol–water partition coefficient (Wildman–Crippen LogP) is 12.2. The van der Waals surface area contributed by atoms with Crippen molar-refractivity contribution in [2.45, 2.75) is 206 Å². The number of amides is 1. The molecule has 0 spiro atoms. The molecule has 310 valence electrons. The molecule has 0 aliphatic heterocycles. The number of ether oxygens (including phenoxy) is 3. The molecular formula is C45H84N2O6. The molecule has 0 bridgehead atoms. The van der Waals surface area contributed by atoms with Gasteiger partial charge in [-0.05, 0) is 84.7 Å². The van der Waals surface area contributed by atoms with Gasteiger partial charge in [-0.25, -0.2) is 4.79 Å². The van der Waals surface area contributed by atoms with E-state index in [1.807, 2.05) is 19.0 Å². The highest BCUT2D eigenvalue weighted by Gasteiger charge is 2.18. The van der Waals surface area contributed by atoms with E-state index >= 15 is 0 Å². The van der Waals surface area contributed by atoms with Crippen molar-refractivity contribution >= 4 is 18.0 Å². The van der Waals surface area contributed by atoms with E-state index in [0.717, 1.165) is 57.9 Å². The van der Waals surface area contributed by atoms with E-state index in [0.29, 0.717) is 19.3 Å². The Labute approximate surface area is 327 Å². The van der Waals surface area contributed by atoms with Crippen LogP contribution in [0, 0.1) is 0 Å². The van der Waals surface area contributed by atoms with E-state index in [2.05, 4.69) is 43.5 Å². The molecule has 0 aliphatic carbocycles. The minimum absolute atomic E-state index is 0.0581. The fourth-order valence-corrected chi connectivity index (χ4v) is 6.10. The predicted molar refractivity (Wildman–Crippen MR) is 222 cm³/mol. The summed E-state index contributed by atoms with van der Waals surface area (Å²) in [7, 11) is 3.93. The normalized spacial score (nSPS) is 11.7. The number of rotatable bonds is 39. The standard InChI is InChI=1S/C45H84N2O6/c1-5-7-9-11-13-15-17-19-21-23-25-27-29-31-33-36-43(48)52-40-42(46-45(50)51-39-35-38-47(3)4)41-53-44(49)37-34-32-30-28-26-24-22-20-18-16-14-12-10-8-6-2/h19-22,42H,5-18,23-41H2,1-4H3,(H,46,50)/b21-19-,22-20-. The number of hydrogen-bond acceptors (Lipinski definition) is 7. The van der Waals surface area contributed by atoms with Crippen LogP contribution in [0.3, 0.4) is 0 Å². The maximum Gasteiger partial charge on any atom is 0.407 e. The summed E-state index contributed by atoms with van der Waals surface area (Å²) < 4.78 is 16.3. The highest BCUT2D eigenvalue weighted by molar-refractivity contribution is 5.70. The summed E-state index contributed by atoms with van der Waals surface area (Å²) in [5.74, 6) is -0.596. The van der Waals surface area contributed by atoms with E-state index in [4.69, 9.17) is 14.2 Å². The molecule has 0 radical (unpaired) electrons. The van der Waals surface area contributed by atoms with Crippen LogP contribution in [0.1, 0.15) is 200 Å². The third-order valence-corrected chi connectivity index (χ3v) is 9.48. The summed E-state index contributed by atoms with van der Waals surface area (Å²) in [5.41, 5.74) is 0. The maximum absolute atomic E-state index is 12.5. The van der Waals surface area contributed by atoms with Gasteiger partial charge in [0.15, 0.2) is 0 Å². The van der Waals surface area contributed by atoms with Crippen molar-refractivity contribution < 1.29 is 28.6 Å². The molecule has 0 aromatic rings. The number of carbonyl (C=O) groups excluding carboxylic acids is 3. The Balaban J connectivity index is 4.19. The molecule has 0 heterocycles. The monoisotopic (exact) mass is 749 g/mol. The van der Waals surface area contributed by atoms with Crippen LogP contribution < -0.4 is 5.32 Å². The second-order valence-electron chi connectivity index (χ2n) is 15.2. The lowest BCUT2D eigenvalue weighted by atomic mass is 10.1. The van der Waals surface area contributed by atoms with Crippen LogP contribution in [0.2, 0.25) is 0 Å². The Hall–Kier alpha value is -2.35. The average molecular weight is 749 g/mol. The maximum atomic E-state index is 12.5. The quantitative estimate of drug-likeness (QED) is 0.0289. The highest BCUT2D eigenvalue weighted by atomic mass is 16.6. The lowest BCUT2D eigenvalue weighted by Crippen LogP contribution is -2.43. The van der Waals surface area contributed by atoms with Gasteiger partial charge in [0.2, 0.25) is 0 Å². The van der Waals surface area contributed by atoms with Gasteiger partial charge in [-0.15, -0.1) is 0 Å². The van der Waals surface area contributed by atoms with Crippen molar-refractivity contribution in [2.75, 3.05) is 40.5 Å². The van der Waals surface area contributed by atoms with Gasteiger partial charge in [-0.3, -0.25) is 9.59 Å². The molecule has 1 amide bonds. The first-order valence-electron chi connectivity index (χ1n) is 22.1. The van der Waals surface area contributed by atoms with Gasteiger partial charge in [-0.2, -0.15) is 0 Å². The molecule has 0 atom stereocenters. The van der Waals surface area contributed by atoms with Gasteiger partial charge in [0, 0.05) is 19.4 Å². The van der Waals surface area contributed by atoms with Gasteiger partial charge in [0.1, 0.15) is 19.3 Å². The molecular weight excluding hydrogens is 665 g/mol. The summed E-state index contributed by atoms with van der Waals surface area (Å²) in [6.45, 7) is 5.48. The Morgan fingerprint density at radius 3 is 1.23 bits per heavy atom. The van der Waals surface area contributed by atoms with Crippen molar-refractivity contribution in [3.05, 3.63) is 24.3 Å². The van der Waals surface area contributed by atoms with Crippen molar-refractivity contribution in [3.8, 4) is 0 Å². The first-order chi connectivity index (χ1) is 25.9. The van der Waals surface area contributed by atoms with E-state index in [1.165, 1.54) is 116 Å². The van der Waals surface area contributed by atoms with E-state index < -0.39 is 12.1 Å². The van der Waals surface area contributed by atoms with Gasteiger partial charge in [0.05, 0.1) is 6.61 Å². The first kappa shape index (κ1) is 50.6. The molecule has 8 nitrogen and oxygen atoms in total. The minimum atomic E-state index is -0.660. The molecule has 0 fully saturated rings. The number of nitrogens with one attached hydrogen (secondary N) is 1. The van der Waals surface area contributed by atoms with Crippen molar-refractivity contribution in [2.24, 2.45) is 0 Å². The summed E-state index contributed by atoms with van der Waals surface area (Å²) in [5, 5.41) is 2.72. The molecule has 0 saturated heterocycles. The molecule has 0 unspecified atom stereocenters. The number of esters is 2. The molecule has 0 rings (SSSR count).